The maximum atomic E-state index is 12.7. The van der Waals surface area contributed by atoms with Crippen molar-refractivity contribution in [1.29, 1.82) is 5.26 Å². The molecule has 10 nitrogen and oxygen atoms in total. The second-order valence-corrected chi connectivity index (χ2v) is 7.59. The number of allylic oxidation sites excluding steroid dienone is 2. The second-order valence-electron chi connectivity index (χ2n) is 7.59. The van der Waals surface area contributed by atoms with E-state index in [1.54, 1.807) is 56.3 Å². The number of carbonyl (C=O) groups excluding carboxylic acids is 2. The van der Waals surface area contributed by atoms with Crippen molar-refractivity contribution in [1.82, 2.24) is 0 Å². The van der Waals surface area contributed by atoms with E-state index in [-0.39, 0.29) is 41.9 Å². The molecule has 1 amide bonds. The Balaban J connectivity index is 1.84. The average molecular weight is 494 g/mol. The molecule has 3 rings (SSSR count). The Kier molecular flexibility index (Phi) is 8.41. The number of rotatable bonds is 9. The average Bonchev–Trinajstić information content (AvgIpc) is 2.87. The molecule has 1 heterocycles. The van der Waals surface area contributed by atoms with Gasteiger partial charge in [-0.15, -0.1) is 0 Å². The quantitative estimate of drug-likeness (QED) is 0.503. The summed E-state index contributed by atoms with van der Waals surface area (Å²) in [6.07, 6.45) is 0. The first-order chi connectivity index (χ1) is 17.3. The summed E-state index contributed by atoms with van der Waals surface area (Å²) in [6, 6.07) is 13.8. The highest BCUT2D eigenvalue weighted by molar-refractivity contribution is 5.93. The standard InChI is InChI=1S/C26H27N3O7/c1-5-34-26(31)23-15(2)36-25(28)19(13-27)24(23)16-9-10-20(21(11-16)33-4)35-14-22(30)29-17-7-6-8-18(12-17)32-3/h6-12,24H,5,14,28H2,1-4H3,(H,29,30). The maximum Gasteiger partial charge on any atom is 0.338 e. The third-order valence-corrected chi connectivity index (χ3v) is 5.33. The van der Waals surface area contributed by atoms with Crippen molar-refractivity contribution in [3.8, 4) is 23.3 Å². The van der Waals surface area contributed by atoms with Crippen LogP contribution in [0.2, 0.25) is 0 Å². The van der Waals surface area contributed by atoms with Gasteiger partial charge in [-0.25, -0.2) is 4.79 Å². The minimum absolute atomic E-state index is 0.0667. The minimum atomic E-state index is -0.831. The molecule has 36 heavy (non-hydrogen) atoms. The van der Waals surface area contributed by atoms with Gasteiger partial charge in [0.05, 0.1) is 32.3 Å². The largest absolute Gasteiger partial charge is 0.497 e. The van der Waals surface area contributed by atoms with E-state index in [1.165, 1.54) is 14.2 Å². The molecule has 3 N–H and O–H groups in total. The summed E-state index contributed by atoms with van der Waals surface area (Å²) in [6.45, 7) is 3.13. The van der Waals surface area contributed by atoms with Gasteiger partial charge < -0.3 is 34.7 Å². The van der Waals surface area contributed by atoms with Crippen LogP contribution >= 0.6 is 0 Å². The molecule has 0 fully saturated rings. The van der Waals surface area contributed by atoms with Crippen LogP contribution in [0, 0.1) is 11.3 Å². The number of nitrogens with zero attached hydrogens (tertiary/aromatic N) is 1. The number of hydrogen-bond donors (Lipinski definition) is 2. The van der Waals surface area contributed by atoms with Gasteiger partial charge in [0.2, 0.25) is 5.88 Å². The lowest BCUT2D eigenvalue weighted by molar-refractivity contribution is -0.139. The van der Waals surface area contributed by atoms with E-state index < -0.39 is 11.9 Å². The number of nitriles is 1. The fourth-order valence-corrected chi connectivity index (χ4v) is 3.71. The third kappa shape index (κ3) is 5.70. The molecule has 1 aliphatic rings. The summed E-state index contributed by atoms with van der Waals surface area (Å²) >= 11 is 0. The van der Waals surface area contributed by atoms with Crippen molar-refractivity contribution in [3.05, 3.63) is 70.8 Å². The Morgan fingerprint density at radius 3 is 2.58 bits per heavy atom. The molecule has 1 atom stereocenters. The van der Waals surface area contributed by atoms with Crippen molar-refractivity contribution in [2.75, 3.05) is 32.8 Å². The molecule has 0 aromatic heterocycles. The summed E-state index contributed by atoms with van der Waals surface area (Å²) in [5, 5.41) is 12.5. The number of amides is 1. The first-order valence-electron chi connectivity index (χ1n) is 11.0. The lowest BCUT2D eigenvalue weighted by Crippen LogP contribution is -2.25. The van der Waals surface area contributed by atoms with Crippen LogP contribution in [0.5, 0.6) is 17.2 Å². The number of nitrogens with one attached hydrogen (secondary N) is 1. The van der Waals surface area contributed by atoms with Crippen molar-refractivity contribution in [3.63, 3.8) is 0 Å². The zero-order valence-corrected chi connectivity index (χ0v) is 20.4. The van der Waals surface area contributed by atoms with Crippen LogP contribution in [-0.4, -0.2) is 39.3 Å². The highest BCUT2D eigenvalue weighted by Gasteiger charge is 2.36. The van der Waals surface area contributed by atoms with Crippen molar-refractivity contribution in [2.24, 2.45) is 5.73 Å². The molecule has 1 aliphatic heterocycles. The van der Waals surface area contributed by atoms with E-state index in [9.17, 15) is 14.9 Å². The monoisotopic (exact) mass is 493 g/mol. The Morgan fingerprint density at radius 2 is 1.92 bits per heavy atom. The molecule has 188 valence electrons. The van der Waals surface area contributed by atoms with Gasteiger partial charge in [-0.2, -0.15) is 5.26 Å². The zero-order valence-electron chi connectivity index (χ0n) is 20.4. The number of carbonyl (C=O) groups is 2. The third-order valence-electron chi connectivity index (χ3n) is 5.33. The van der Waals surface area contributed by atoms with Crippen LogP contribution in [0.1, 0.15) is 25.3 Å². The lowest BCUT2D eigenvalue weighted by Gasteiger charge is -2.27. The fourth-order valence-electron chi connectivity index (χ4n) is 3.71. The number of methoxy groups -OCH3 is 2. The molecule has 0 aliphatic carbocycles. The van der Waals surface area contributed by atoms with Gasteiger partial charge in [0.15, 0.2) is 18.1 Å². The molecule has 0 saturated carbocycles. The molecule has 0 saturated heterocycles. The summed E-state index contributed by atoms with van der Waals surface area (Å²) in [5.41, 5.74) is 7.27. The van der Waals surface area contributed by atoms with Gasteiger partial charge in [0, 0.05) is 11.8 Å². The van der Waals surface area contributed by atoms with E-state index in [4.69, 9.17) is 29.4 Å². The second kappa shape index (κ2) is 11.7. The lowest BCUT2D eigenvalue weighted by atomic mass is 9.83. The van der Waals surface area contributed by atoms with Gasteiger partial charge in [-0.3, -0.25) is 4.79 Å². The summed E-state index contributed by atoms with van der Waals surface area (Å²) in [5.74, 6) is -0.491. The number of anilines is 1. The highest BCUT2D eigenvalue weighted by atomic mass is 16.5. The van der Waals surface area contributed by atoms with Crippen molar-refractivity contribution < 1.29 is 33.3 Å². The minimum Gasteiger partial charge on any atom is -0.497 e. The molecular formula is C26H27N3O7. The van der Waals surface area contributed by atoms with Crippen LogP contribution < -0.4 is 25.3 Å². The zero-order chi connectivity index (χ0) is 26.2. The van der Waals surface area contributed by atoms with Gasteiger partial charge >= 0.3 is 5.97 Å². The Morgan fingerprint density at radius 1 is 1.14 bits per heavy atom. The molecule has 2 aromatic carbocycles. The Labute approximate surface area is 208 Å². The van der Waals surface area contributed by atoms with E-state index in [0.717, 1.165) is 0 Å². The fraction of sp³-hybridized carbons (Fsp3) is 0.269. The SMILES string of the molecule is CCOC(=O)C1=C(C)OC(N)=C(C#N)C1c1ccc(OCC(=O)Nc2cccc(OC)c2)c(OC)c1. The van der Waals surface area contributed by atoms with Gasteiger partial charge in [0.25, 0.3) is 5.91 Å². The number of ether oxygens (including phenoxy) is 5. The van der Waals surface area contributed by atoms with Crippen LogP contribution in [0.4, 0.5) is 5.69 Å². The predicted octanol–water partition coefficient (Wildman–Crippen LogP) is 3.37. The summed E-state index contributed by atoms with van der Waals surface area (Å²) in [4.78, 5) is 25.1. The molecule has 10 heteroatoms. The van der Waals surface area contributed by atoms with Crippen LogP contribution in [0.25, 0.3) is 0 Å². The van der Waals surface area contributed by atoms with E-state index in [0.29, 0.717) is 28.5 Å². The molecule has 0 bridgehead atoms. The normalized spacial score (nSPS) is 14.9. The predicted molar refractivity (Wildman–Crippen MR) is 130 cm³/mol. The molecule has 1 unspecified atom stereocenters. The summed E-state index contributed by atoms with van der Waals surface area (Å²) in [7, 11) is 2.98. The van der Waals surface area contributed by atoms with Gasteiger partial charge in [-0.1, -0.05) is 12.1 Å². The Hall–Kier alpha value is -4.65. The van der Waals surface area contributed by atoms with E-state index in [2.05, 4.69) is 5.32 Å². The molecule has 0 spiro atoms. The van der Waals surface area contributed by atoms with Crippen LogP contribution in [0.3, 0.4) is 0 Å². The molecule has 2 aromatic rings. The van der Waals surface area contributed by atoms with E-state index >= 15 is 0 Å². The first kappa shape index (κ1) is 26.0. The number of hydrogen-bond acceptors (Lipinski definition) is 9. The van der Waals surface area contributed by atoms with Crippen molar-refractivity contribution in [2.45, 2.75) is 19.8 Å². The molecular weight excluding hydrogens is 466 g/mol. The first-order valence-corrected chi connectivity index (χ1v) is 11.0. The van der Waals surface area contributed by atoms with Crippen LogP contribution in [-0.2, 0) is 19.1 Å². The van der Waals surface area contributed by atoms with Crippen molar-refractivity contribution >= 4 is 17.6 Å². The van der Waals surface area contributed by atoms with Gasteiger partial charge in [0.1, 0.15) is 23.2 Å². The number of benzene rings is 2. The molecule has 0 radical (unpaired) electrons. The van der Waals surface area contributed by atoms with Gasteiger partial charge in [-0.05, 0) is 43.7 Å². The highest BCUT2D eigenvalue weighted by Crippen LogP contribution is 2.42. The Bertz CT molecular complexity index is 1260. The number of nitrogens with two attached hydrogens (primary N) is 1. The summed E-state index contributed by atoms with van der Waals surface area (Å²) < 4.78 is 26.9. The maximum absolute atomic E-state index is 12.7. The van der Waals surface area contributed by atoms with Crippen LogP contribution in [0.15, 0.2) is 65.3 Å². The number of esters is 1. The topological polar surface area (TPSA) is 142 Å². The smallest absolute Gasteiger partial charge is 0.338 e. The van der Waals surface area contributed by atoms with E-state index in [1.807, 2.05) is 6.07 Å².